The number of rotatable bonds is 7. The van der Waals surface area contributed by atoms with Gasteiger partial charge in [0, 0.05) is 17.5 Å². The van der Waals surface area contributed by atoms with Crippen molar-refractivity contribution in [1.29, 1.82) is 0 Å². The molecule has 0 bridgehead atoms. The zero-order valence-electron chi connectivity index (χ0n) is 12.3. The molecule has 0 aliphatic rings. The van der Waals surface area contributed by atoms with Gasteiger partial charge in [-0.25, -0.2) is 4.39 Å². The van der Waals surface area contributed by atoms with Crippen LogP contribution in [0.15, 0.2) is 48.5 Å². The third kappa shape index (κ3) is 5.07. The zero-order valence-corrected chi connectivity index (χ0v) is 13.2. The maximum absolute atomic E-state index is 13.5. The molecule has 2 aromatic rings. The van der Waals surface area contributed by atoms with E-state index in [1.807, 2.05) is 25.1 Å². The molecular formula is C17H18FNO2S. The Morgan fingerprint density at radius 3 is 2.82 bits per heavy atom. The summed E-state index contributed by atoms with van der Waals surface area (Å²) in [6.07, 6.45) is 0. The monoisotopic (exact) mass is 319 g/mol. The number of hydrogen-bond donors (Lipinski definition) is 1. The Hall–Kier alpha value is -2.01. The van der Waals surface area contributed by atoms with E-state index in [-0.39, 0.29) is 17.5 Å². The van der Waals surface area contributed by atoms with Crippen LogP contribution >= 0.6 is 11.8 Å². The molecule has 0 heterocycles. The van der Waals surface area contributed by atoms with Crippen molar-refractivity contribution in [3.8, 4) is 5.75 Å². The van der Waals surface area contributed by atoms with Crippen LogP contribution in [0.25, 0.3) is 0 Å². The number of carbonyl (C=O) groups excluding carboxylic acids is 1. The second kappa shape index (κ2) is 8.44. The van der Waals surface area contributed by atoms with E-state index in [1.54, 1.807) is 24.3 Å². The number of amides is 1. The molecule has 0 radical (unpaired) electrons. The van der Waals surface area contributed by atoms with Crippen LogP contribution < -0.4 is 10.1 Å². The van der Waals surface area contributed by atoms with Gasteiger partial charge in [-0.1, -0.05) is 24.3 Å². The van der Waals surface area contributed by atoms with Gasteiger partial charge in [-0.2, -0.15) is 0 Å². The van der Waals surface area contributed by atoms with Crippen LogP contribution in [0.4, 0.5) is 10.1 Å². The number of anilines is 1. The molecule has 2 aromatic carbocycles. The highest BCUT2D eigenvalue weighted by molar-refractivity contribution is 7.99. The molecule has 0 saturated carbocycles. The molecule has 3 nitrogen and oxygen atoms in total. The summed E-state index contributed by atoms with van der Waals surface area (Å²) in [4.78, 5) is 11.9. The molecule has 22 heavy (non-hydrogen) atoms. The fourth-order valence-electron chi connectivity index (χ4n) is 1.90. The van der Waals surface area contributed by atoms with Crippen molar-refractivity contribution in [2.24, 2.45) is 0 Å². The van der Waals surface area contributed by atoms with E-state index >= 15 is 0 Å². The minimum atomic E-state index is -0.236. The summed E-state index contributed by atoms with van der Waals surface area (Å²) in [5, 5.41) is 2.81. The molecule has 0 spiro atoms. The summed E-state index contributed by atoms with van der Waals surface area (Å²) in [6.45, 7) is 2.49. The van der Waals surface area contributed by atoms with E-state index in [1.165, 1.54) is 17.8 Å². The van der Waals surface area contributed by atoms with Gasteiger partial charge < -0.3 is 10.1 Å². The zero-order chi connectivity index (χ0) is 15.8. The molecule has 5 heteroatoms. The molecule has 1 amide bonds. The fraction of sp³-hybridized carbons (Fsp3) is 0.235. The topological polar surface area (TPSA) is 38.3 Å². The smallest absolute Gasteiger partial charge is 0.234 e. The number of hydrogen-bond acceptors (Lipinski definition) is 3. The fourth-order valence-corrected chi connectivity index (χ4v) is 2.71. The number of thioether (sulfide) groups is 1. The maximum atomic E-state index is 13.5. The first kappa shape index (κ1) is 16.4. The maximum Gasteiger partial charge on any atom is 0.234 e. The van der Waals surface area contributed by atoms with Crippen molar-refractivity contribution in [2.45, 2.75) is 12.7 Å². The molecule has 0 atom stereocenters. The van der Waals surface area contributed by atoms with Gasteiger partial charge in [-0.05, 0) is 30.7 Å². The first-order chi connectivity index (χ1) is 10.7. The van der Waals surface area contributed by atoms with Crippen molar-refractivity contribution in [3.05, 3.63) is 59.9 Å². The minimum absolute atomic E-state index is 0.116. The summed E-state index contributed by atoms with van der Waals surface area (Å²) in [5.74, 6) is 1.11. The van der Waals surface area contributed by atoms with Gasteiger partial charge >= 0.3 is 0 Å². The standard InChI is InChI=1S/C17H18FNO2S/c1-2-21-15-8-5-7-14(10-15)19-17(20)12-22-11-13-6-3-4-9-16(13)18/h3-10H,2,11-12H2,1H3,(H,19,20). The Labute approximate surface area is 133 Å². The van der Waals surface area contributed by atoms with Crippen LogP contribution in [0.5, 0.6) is 5.75 Å². The van der Waals surface area contributed by atoms with Crippen molar-refractivity contribution >= 4 is 23.4 Å². The van der Waals surface area contributed by atoms with Gasteiger partial charge in [0.1, 0.15) is 11.6 Å². The third-order valence-electron chi connectivity index (χ3n) is 2.88. The molecule has 0 saturated heterocycles. The van der Waals surface area contributed by atoms with Crippen LogP contribution in [0.2, 0.25) is 0 Å². The van der Waals surface area contributed by atoms with Crippen molar-refractivity contribution in [3.63, 3.8) is 0 Å². The Morgan fingerprint density at radius 2 is 2.05 bits per heavy atom. The first-order valence-electron chi connectivity index (χ1n) is 7.03. The van der Waals surface area contributed by atoms with Crippen molar-refractivity contribution in [1.82, 2.24) is 0 Å². The van der Waals surface area contributed by atoms with Crippen molar-refractivity contribution in [2.75, 3.05) is 17.7 Å². The number of carbonyl (C=O) groups is 1. The predicted molar refractivity (Wildman–Crippen MR) is 88.8 cm³/mol. The molecule has 116 valence electrons. The summed E-state index contributed by atoms with van der Waals surface area (Å²) in [5.41, 5.74) is 1.31. The summed E-state index contributed by atoms with van der Waals surface area (Å²) < 4.78 is 18.8. The first-order valence-corrected chi connectivity index (χ1v) is 8.18. The van der Waals surface area contributed by atoms with Gasteiger partial charge in [0.05, 0.1) is 12.4 Å². The van der Waals surface area contributed by atoms with E-state index in [4.69, 9.17) is 4.74 Å². The highest BCUT2D eigenvalue weighted by Crippen LogP contribution is 2.19. The highest BCUT2D eigenvalue weighted by atomic mass is 32.2. The molecule has 0 aromatic heterocycles. The number of ether oxygens (including phenoxy) is 1. The van der Waals surface area contributed by atoms with Gasteiger partial charge in [0.2, 0.25) is 5.91 Å². The lowest BCUT2D eigenvalue weighted by atomic mass is 10.2. The van der Waals surface area contributed by atoms with Gasteiger partial charge in [0.15, 0.2) is 0 Å². The van der Waals surface area contributed by atoms with Crippen LogP contribution in [-0.4, -0.2) is 18.3 Å². The molecule has 1 N–H and O–H groups in total. The second-order valence-electron chi connectivity index (χ2n) is 4.59. The van der Waals surface area contributed by atoms with Crippen LogP contribution in [0.3, 0.4) is 0 Å². The minimum Gasteiger partial charge on any atom is -0.494 e. The number of nitrogens with one attached hydrogen (secondary N) is 1. The Balaban J connectivity index is 1.81. The van der Waals surface area contributed by atoms with Crippen LogP contribution in [-0.2, 0) is 10.5 Å². The predicted octanol–water partition coefficient (Wildman–Crippen LogP) is 4.10. The van der Waals surface area contributed by atoms with Gasteiger partial charge in [-0.3, -0.25) is 4.79 Å². The Kier molecular flexibility index (Phi) is 6.27. The van der Waals surface area contributed by atoms with Gasteiger partial charge in [0.25, 0.3) is 0 Å². The van der Waals surface area contributed by atoms with E-state index < -0.39 is 0 Å². The molecule has 0 fully saturated rings. The SMILES string of the molecule is CCOc1cccc(NC(=O)CSCc2ccccc2F)c1. The van der Waals surface area contributed by atoms with Crippen LogP contribution in [0, 0.1) is 5.82 Å². The summed E-state index contributed by atoms with van der Waals surface area (Å²) >= 11 is 1.38. The van der Waals surface area contributed by atoms with Crippen molar-refractivity contribution < 1.29 is 13.9 Å². The normalized spacial score (nSPS) is 10.3. The van der Waals surface area contributed by atoms with E-state index in [2.05, 4.69) is 5.32 Å². The molecular weight excluding hydrogens is 301 g/mol. The largest absolute Gasteiger partial charge is 0.494 e. The third-order valence-corrected chi connectivity index (χ3v) is 3.86. The lowest BCUT2D eigenvalue weighted by Crippen LogP contribution is -2.14. The molecule has 0 aliphatic heterocycles. The Morgan fingerprint density at radius 1 is 1.23 bits per heavy atom. The Bertz CT molecular complexity index is 634. The van der Waals surface area contributed by atoms with E-state index in [9.17, 15) is 9.18 Å². The summed E-state index contributed by atoms with van der Waals surface area (Å²) in [6, 6.07) is 13.9. The van der Waals surface area contributed by atoms with E-state index in [0.29, 0.717) is 23.6 Å². The lowest BCUT2D eigenvalue weighted by molar-refractivity contribution is -0.113. The van der Waals surface area contributed by atoms with Gasteiger partial charge in [-0.15, -0.1) is 11.8 Å². The highest BCUT2D eigenvalue weighted by Gasteiger charge is 2.06. The molecule has 0 unspecified atom stereocenters. The van der Waals surface area contributed by atoms with E-state index in [0.717, 1.165) is 5.75 Å². The molecule has 2 rings (SSSR count). The molecule has 0 aliphatic carbocycles. The average molecular weight is 319 g/mol. The lowest BCUT2D eigenvalue weighted by Gasteiger charge is -2.08. The average Bonchev–Trinajstić information content (AvgIpc) is 2.50. The number of halogens is 1. The summed E-state index contributed by atoms with van der Waals surface area (Å²) in [7, 11) is 0. The second-order valence-corrected chi connectivity index (χ2v) is 5.58. The number of benzene rings is 2. The van der Waals surface area contributed by atoms with Crippen LogP contribution in [0.1, 0.15) is 12.5 Å². The quantitative estimate of drug-likeness (QED) is 0.835.